The topological polar surface area (TPSA) is 18.5 Å². The maximum Gasteiger partial charge on any atom is 0.155 e. The van der Waals surface area contributed by atoms with E-state index in [4.69, 9.17) is 9.47 Å². The fourth-order valence-corrected chi connectivity index (χ4v) is 5.79. The van der Waals surface area contributed by atoms with Gasteiger partial charge >= 0.3 is 0 Å². The molecule has 0 spiro atoms. The van der Waals surface area contributed by atoms with Gasteiger partial charge in [0.25, 0.3) is 0 Å². The van der Waals surface area contributed by atoms with Gasteiger partial charge in [0.05, 0.1) is 6.10 Å². The molecule has 20 heavy (non-hydrogen) atoms. The van der Waals surface area contributed by atoms with E-state index in [1.165, 1.54) is 25.7 Å². The third kappa shape index (κ3) is 1.99. The Balaban J connectivity index is 1.35. The number of hydrogen-bond donors (Lipinski definition) is 0. The second kappa shape index (κ2) is 5.14. The number of ether oxygens (including phenoxy) is 2. The van der Waals surface area contributed by atoms with Crippen LogP contribution in [0.25, 0.3) is 0 Å². The van der Waals surface area contributed by atoms with Crippen molar-refractivity contribution < 1.29 is 9.47 Å². The van der Waals surface area contributed by atoms with E-state index in [1.54, 1.807) is 0 Å². The van der Waals surface area contributed by atoms with Crippen LogP contribution in [0, 0.1) is 35.5 Å². The van der Waals surface area contributed by atoms with Crippen molar-refractivity contribution in [3.8, 4) is 0 Å². The minimum atomic E-state index is -0.0153. The molecule has 0 saturated heterocycles. The Labute approximate surface area is 122 Å². The Morgan fingerprint density at radius 2 is 1.90 bits per heavy atom. The summed E-state index contributed by atoms with van der Waals surface area (Å²) in [4.78, 5) is 0. The van der Waals surface area contributed by atoms with E-state index in [0.717, 1.165) is 48.5 Å². The predicted octanol–water partition coefficient (Wildman–Crippen LogP) is 4.01. The van der Waals surface area contributed by atoms with Crippen LogP contribution < -0.4 is 0 Å². The molecule has 0 N–H and O–H groups in total. The quantitative estimate of drug-likeness (QED) is 0.316. The maximum atomic E-state index is 6.26. The lowest BCUT2D eigenvalue weighted by Gasteiger charge is -2.37. The van der Waals surface area contributed by atoms with E-state index in [9.17, 15) is 0 Å². The van der Waals surface area contributed by atoms with E-state index in [0.29, 0.717) is 6.10 Å². The van der Waals surface area contributed by atoms with Crippen LogP contribution in [0.3, 0.4) is 0 Å². The molecule has 4 bridgehead atoms. The number of hydrogen-bond acceptors (Lipinski definition) is 2. The lowest BCUT2D eigenvalue weighted by molar-refractivity contribution is -0.178. The summed E-state index contributed by atoms with van der Waals surface area (Å²) in [5.74, 6) is 5.50. The molecule has 3 fully saturated rings. The van der Waals surface area contributed by atoms with Crippen molar-refractivity contribution in [2.45, 2.75) is 58.3 Å². The monoisotopic (exact) mass is 276 g/mol. The molecule has 3 saturated carbocycles. The molecule has 8 unspecified atom stereocenters. The Bertz CT molecular complexity index is 391. The van der Waals surface area contributed by atoms with Gasteiger partial charge in [-0.25, -0.2) is 0 Å². The second-order valence-electron chi connectivity index (χ2n) is 7.46. The Hall–Kier alpha value is -0.340. The van der Waals surface area contributed by atoms with E-state index in [2.05, 4.69) is 26.0 Å². The summed E-state index contributed by atoms with van der Waals surface area (Å²) in [6.07, 6.45) is 12.0. The van der Waals surface area contributed by atoms with Crippen LogP contribution in [0.1, 0.15) is 46.0 Å². The van der Waals surface area contributed by atoms with E-state index < -0.39 is 0 Å². The molecule has 4 aliphatic carbocycles. The van der Waals surface area contributed by atoms with Gasteiger partial charge in [0.15, 0.2) is 6.29 Å². The largest absolute Gasteiger partial charge is 0.353 e. The van der Waals surface area contributed by atoms with Gasteiger partial charge in [-0.15, -0.1) is 0 Å². The zero-order valence-electron chi connectivity index (χ0n) is 12.8. The van der Waals surface area contributed by atoms with E-state index in [1.807, 2.05) is 0 Å². The van der Waals surface area contributed by atoms with Crippen LogP contribution in [0.4, 0.5) is 0 Å². The highest BCUT2D eigenvalue weighted by molar-refractivity contribution is 5.21. The van der Waals surface area contributed by atoms with Crippen molar-refractivity contribution in [2.24, 2.45) is 35.5 Å². The first-order chi connectivity index (χ1) is 9.78. The highest BCUT2D eigenvalue weighted by Gasteiger charge is 2.61. The summed E-state index contributed by atoms with van der Waals surface area (Å²) < 4.78 is 12.1. The van der Waals surface area contributed by atoms with Crippen LogP contribution >= 0.6 is 0 Å². The summed E-state index contributed by atoms with van der Waals surface area (Å²) in [6, 6.07) is 0. The molecule has 112 valence electrons. The normalized spacial score (nSPS) is 49.0. The molecule has 0 aromatic rings. The first kappa shape index (κ1) is 13.3. The highest BCUT2D eigenvalue weighted by atomic mass is 16.7. The molecule has 0 aromatic heterocycles. The standard InChI is InChI=1S/C18H28O2/c1-3-4-7-19-11(2)20-16-10-14-9-15(16)18-13-6-5-12(8-13)17(14)18/h5-6,11-18H,3-4,7-10H2,1-2H3. The second-order valence-corrected chi connectivity index (χ2v) is 7.46. The molecule has 0 aliphatic heterocycles. The molecule has 8 atom stereocenters. The molecular weight excluding hydrogens is 248 g/mol. The van der Waals surface area contributed by atoms with Gasteiger partial charge in [-0.2, -0.15) is 0 Å². The van der Waals surface area contributed by atoms with E-state index in [-0.39, 0.29) is 6.29 Å². The molecule has 2 heteroatoms. The summed E-state index contributed by atoms with van der Waals surface area (Å²) in [5, 5.41) is 0. The molecule has 0 aromatic carbocycles. The number of rotatable bonds is 6. The van der Waals surface area contributed by atoms with Gasteiger partial charge in [0, 0.05) is 6.61 Å². The fourth-order valence-electron chi connectivity index (χ4n) is 5.79. The zero-order valence-corrected chi connectivity index (χ0v) is 12.8. The summed E-state index contributed by atoms with van der Waals surface area (Å²) >= 11 is 0. The average Bonchev–Trinajstić information content (AvgIpc) is 3.17. The molecule has 4 rings (SSSR count). The first-order valence-electron chi connectivity index (χ1n) is 8.73. The van der Waals surface area contributed by atoms with Crippen LogP contribution in [-0.4, -0.2) is 19.0 Å². The lowest BCUT2D eigenvalue weighted by atomic mass is 9.72. The minimum Gasteiger partial charge on any atom is -0.353 e. The summed E-state index contributed by atoms with van der Waals surface area (Å²) in [7, 11) is 0. The number of unbranched alkanes of at least 4 members (excludes halogenated alkanes) is 1. The summed E-state index contributed by atoms with van der Waals surface area (Å²) in [6.45, 7) is 5.13. The van der Waals surface area contributed by atoms with Crippen molar-refractivity contribution in [3.63, 3.8) is 0 Å². The number of fused-ring (bicyclic) bond motifs is 9. The fraction of sp³-hybridized carbons (Fsp3) is 0.889. The van der Waals surface area contributed by atoms with Crippen LogP contribution in [0.5, 0.6) is 0 Å². The van der Waals surface area contributed by atoms with Crippen molar-refractivity contribution >= 4 is 0 Å². The predicted molar refractivity (Wildman–Crippen MR) is 79.1 cm³/mol. The molecular formula is C18H28O2. The third-order valence-electron chi connectivity index (χ3n) is 6.43. The third-order valence-corrected chi connectivity index (χ3v) is 6.43. The van der Waals surface area contributed by atoms with Crippen molar-refractivity contribution in [2.75, 3.05) is 6.61 Å². The highest BCUT2D eigenvalue weighted by Crippen LogP contribution is 2.65. The van der Waals surface area contributed by atoms with Crippen molar-refractivity contribution in [1.82, 2.24) is 0 Å². The molecule has 0 heterocycles. The molecule has 0 amide bonds. The Morgan fingerprint density at radius 1 is 1.10 bits per heavy atom. The van der Waals surface area contributed by atoms with Crippen LogP contribution in [0.15, 0.2) is 12.2 Å². The van der Waals surface area contributed by atoms with Crippen LogP contribution in [-0.2, 0) is 9.47 Å². The van der Waals surface area contributed by atoms with Gasteiger partial charge in [0.1, 0.15) is 0 Å². The van der Waals surface area contributed by atoms with Crippen molar-refractivity contribution in [3.05, 3.63) is 12.2 Å². The average molecular weight is 276 g/mol. The van der Waals surface area contributed by atoms with Gasteiger partial charge in [-0.1, -0.05) is 25.5 Å². The van der Waals surface area contributed by atoms with Gasteiger partial charge in [0.2, 0.25) is 0 Å². The molecule has 2 nitrogen and oxygen atoms in total. The number of allylic oxidation sites excluding steroid dienone is 2. The van der Waals surface area contributed by atoms with Gasteiger partial charge in [-0.05, 0) is 68.1 Å². The molecule has 4 aliphatic rings. The van der Waals surface area contributed by atoms with Crippen LogP contribution in [0.2, 0.25) is 0 Å². The minimum absolute atomic E-state index is 0.0153. The van der Waals surface area contributed by atoms with Gasteiger partial charge < -0.3 is 9.47 Å². The maximum absolute atomic E-state index is 6.26. The smallest absolute Gasteiger partial charge is 0.155 e. The zero-order chi connectivity index (χ0) is 13.7. The Morgan fingerprint density at radius 3 is 2.70 bits per heavy atom. The Kier molecular flexibility index (Phi) is 3.42. The van der Waals surface area contributed by atoms with E-state index >= 15 is 0 Å². The molecule has 0 radical (unpaired) electrons. The van der Waals surface area contributed by atoms with Gasteiger partial charge in [-0.3, -0.25) is 0 Å². The first-order valence-corrected chi connectivity index (χ1v) is 8.73. The SMILES string of the molecule is CCCCOC(C)OC1CC2CC1C1C3C=CC(C3)C21. The van der Waals surface area contributed by atoms with Crippen molar-refractivity contribution in [1.29, 1.82) is 0 Å². The lowest BCUT2D eigenvalue weighted by Crippen LogP contribution is -2.37. The summed E-state index contributed by atoms with van der Waals surface area (Å²) in [5.41, 5.74) is 0.